The second kappa shape index (κ2) is 10.0. The fourth-order valence-electron chi connectivity index (χ4n) is 4.87. The van der Waals surface area contributed by atoms with Gasteiger partial charge in [-0.1, -0.05) is 0 Å². The Hall–Kier alpha value is -3.63. The highest BCUT2D eigenvalue weighted by Gasteiger charge is 2.36. The highest BCUT2D eigenvalue weighted by Crippen LogP contribution is 2.40. The van der Waals surface area contributed by atoms with Crippen LogP contribution in [0.5, 0.6) is 5.75 Å². The van der Waals surface area contributed by atoms with E-state index < -0.39 is 23.6 Å². The van der Waals surface area contributed by atoms with Crippen LogP contribution in [0.25, 0.3) is 10.9 Å². The second-order valence-electron chi connectivity index (χ2n) is 9.35. The Kier molecular flexibility index (Phi) is 7.16. The number of fused-ring (bicyclic) bond motifs is 1. The lowest BCUT2D eigenvalue weighted by Gasteiger charge is -2.32. The number of benzene rings is 2. The van der Waals surface area contributed by atoms with Gasteiger partial charge in [-0.3, -0.25) is 4.79 Å². The van der Waals surface area contributed by atoms with Crippen LogP contribution in [0.1, 0.15) is 61.2 Å². The number of likely N-dealkylation sites (tertiary alicyclic amines) is 1. The first-order valence-electron chi connectivity index (χ1n) is 11.9. The molecule has 37 heavy (non-hydrogen) atoms. The molecule has 0 unspecified atom stereocenters. The molecule has 1 aromatic heterocycles. The number of aromatic nitrogens is 2. The number of piperidine rings is 1. The van der Waals surface area contributed by atoms with Crippen LogP contribution in [-0.2, 0) is 11.0 Å². The van der Waals surface area contributed by atoms with Gasteiger partial charge in [-0.05, 0) is 56.4 Å². The largest absolute Gasteiger partial charge is 0.496 e. The van der Waals surface area contributed by atoms with Crippen molar-refractivity contribution in [2.75, 3.05) is 31.2 Å². The number of aryl methyl sites for hydroxylation is 1. The van der Waals surface area contributed by atoms with Crippen molar-refractivity contribution in [3.05, 3.63) is 52.6 Å². The maximum absolute atomic E-state index is 14.9. The van der Waals surface area contributed by atoms with Crippen LogP contribution in [0, 0.1) is 12.7 Å². The maximum Gasteiger partial charge on any atom is 0.419 e. The predicted molar refractivity (Wildman–Crippen MR) is 133 cm³/mol. The number of nitrogen functional groups attached to an aromatic ring is 1. The van der Waals surface area contributed by atoms with Gasteiger partial charge in [-0.25, -0.2) is 14.4 Å². The van der Waals surface area contributed by atoms with E-state index >= 15 is 0 Å². The van der Waals surface area contributed by atoms with E-state index in [4.69, 9.17) is 10.5 Å². The van der Waals surface area contributed by atoms with Gasteiger partial charge in [0.2, 0.25) is 5.91 Å². The Bertz CT molecular complexity index is 1340. The molecule has 0 spiro atoms. The first-order chi connectivity index (χ1) is 17.4. The first kappa shape index (κ1) is 26.4. The van der Waals surface area contributed by atoms with Crippen molar-refractivity contribution < 1.29 is 27.1 Å². The van der Waals surface area contributed by atoms with Gasteiger partial charge in [0.25, 0.3) is 0 Å². The summed E-state index contributed by atoms with van der Waals surface area (Å²) in [7, 11) is 1.57. The summed E-state index contributed by atoms with van der Waals surface area (Å²) in [4.78, 5) is 22.5. The number of methoxy groups -OCH3 is 1. The van der Waals surface area contributed by atoms with Gasteiger partial charge in [0, 0.05) is 42.7 Å². The molecule has 3 aromatic rings. The molecular formula is C26H29F4N5O2. The molecule has 0 aliphatic carbocycles. The monoisotopic (exact) mass is 519 g/mol. The maximum atomic E-state index is 14.9. The number of carbonyl (C=O) groups excluding carboxylic acids is 1. The zero-order valence-electron chi connectivity index (χ0n) is 21.0. The molecule has 4 rings (SSSR count). The Morgan fingerprint density at radius 1 is 1.19 bits per heavy atom. The van der Waals surface area contributed by atoms with Crippen molar-refractivity contribution in [2.45, 2.75) is 51.7 Å². The number of nitrogens with two attached hydrogens (primary N) is 1. The quantitative estimate of drug-likeness (QED) is 0.337. The molecule has 1 saturated heterocycles. The van der Waals surface area contributed by atoms with Gasteiger partial charge < -0.3 is 20.7 Å². The molecule has 7 nitrogen and oxygen atoms in total. The summed E-state index contributed by atoms with van der Waals surface area (Å²) in [6.45, 7) is 6.05. The number of nitrogens with one attached hydrogen (secondary N) is 1. The van der Waals surface area contributed by atoms with Crippen molar-refractivity contribution in [1.29, 1.82) is 0 Å². The van der Waals surface area contributed by atoms with E-state index in [1.54, 1.807) is 38.8 Å². The molecule has 3 N–H and O–H groups in total. The molecule has 1 amide bonds. The summed E-state index contributed by atoms with van der Waals surface area (Å²) in [5, 5.41) is 3.70. The third kappa shape index (κ3) is 5.40. The number of carbonyl (C=O) groups is 1. The molecule has 1 aliphatic heterocycles. The highest BCUT2D eigenvalue weighted by molar-refractivity contribution is 5.91. The normalized spacial score (nSPS) is 15.6. The first-order valence-corrected chi connectivity index (χ1v) is 11.9. The average molecular weight is 520 g/mol. The van der Waals surface area contributed by atoms with Gasteiger partial charge in [0.1, 0.15) is 23.2 Å². The zero-order valence-corrected chi connectivity index (χ0v) is 21.0. The zero-order chi connectivity index (χ0) is 27.1. The molecule has 1 fully saturated rings. The van der Waals surface area contributed by atoms with Gasteiger partial charge in [-0.15, -0.1) is 0 Å². The molecule has 0 saturated carbocycles. The second-order valence-corrected chi connectivity index (χ2v) is 9.35. The Morgan fingerprint density at radius 3 is 2.46 bits per heavy atom. The van der Waals surface area contributed by atoms with E-state index in [1.807, 2.05) is 6.07 Å². The van der Waals surface area contributed by atoms with Crippen LogP contribution < -0.4 is 15.8 Å². The number of hydrogen-bond acceptors (Lipinski definition) is 6. The smallest absolute Gasteiger partial charge is 0.419 e. The summed E-state index contributed by atoms with van der Waals surface area (Å²) in [5.41, 5.74) is 5.36. The van der Waals surface area contributed by atoms with E-state index in [2.05, 4.69) is 15.3 Å². The number of halogens is 4. The standard InChI is InChI=1S/C26H29F4N5O2/c1-13(18-9-17(31)10-21(24(18)27)26(28,29)30)32-25-20-11-19(16-5-7-35(8-6-16)15(3)36)23(37-4)12-22(20)33-14(2)34-25/h9-13,16H,5-8,31H2,1-4H3,(H,32,33,34)/t13-/m1/s1. The van der Waals surface area contributed by atoms with E-state index in [9.17, 15) is 22.4 Å². The summed E-state index contributed by atoms with van der Waals surface area (Å²) in [6.07, 6.45) is -3.38. The average Bonchev–Trinajstić information content (AvgIpc) is 2.83. The van der Waals surface area contributed by atoms with E-state index in [1.165, 1.54) is 6.07 Å². The Morgan fingerprint density at radius 2 is 1.86 bits per heavy atom. The van der Waals surface area contributed by atoms with Gasteiger partial charge in [0.05, 0.1) is 24.2 Å². The summed E-state index contributed by atoms with van der Waals surface area (Å²) < 4.78 is 60.6. The lowest BCUT2D eigenvalue weighted by Crippen LogP contribution is -2.36. The van der Waals surface area contributed by atoms with E-state index in [-0.39, 0.29) is 23.1 Å². The van der Waals surface area contributed by atoms with Crippen molar-refractivity contribution >= 4 is 28.3 Å². The highest BCUT2D eigenvalue weighted by atomic mass is 19.4. The summed E-state index contributed by atoms with van der Waals surface area (Å²) in [5.74, 6) is 0.225. The van der Waals surface area contributed by atoms with Gasteiger partial charge in [-0.2, -0.15) is 13.2 Å². The lowest BCUT2D eigenvalue weighted by atomic mass is 9.88. The molecule has 1 aliphatic rings. The summed E-state index contributed by atoms with van der Waals surface area (Å²) >= 11 is 0. The van der Waals surface area contributed by atoms with Crippen molar-refractivity contribution in [1.82, 2.24) is 14.9 Å². The minimum absolute atomic E-state index is 0.0377. The topological polar surface area (TPSA) is 93.4 Å². The molecule has 198 valence electrons. The Labute approximate surface area is 212 Å². The number of alkyl halides is 3. The fraction of sp³-hybridized carbons (Fsp3) is 0.423. The van der Waals surface area contributed by atoms with Crippen LogP contribution >= 0.6 is 0 Å². The fourth-order valence-corrected chi connectivity index (χ4v) is 4.87. The van der Waals surface area contributed by atoms with Crippen LogP contribution in [0.3, 0.4) is 0 Å². The van der Waals surface area contributed by atoms with Crippen LogP contribution in [0.15, 0.2) is 24.3 Å². The molecule has 0 bridgehead atoms. The minimum Gasteiger partial charge on any atom is -0.496 e. The van der Waals surface area contributed by atoms with Gasteiger partial charge in [0.15, 0.2) is 0 Å². The molecule has 0 radical (unpaired) electrons. The lowest BCUT2D eigenvalue weighted by molar-refractivity contribution is -0.140. The predicted octanol–water partition coefficient (Wildman–Crippen LogP) is 5.59. The number of ether oxygens (including phenoxy) is 1. The molecule has 1 atom stereocenters. The molecular weight excluding hydrogens is 490 g/mol. The molecule has 2 heterocycles. The number of nitrogens with zero attached hydrogens (tertiary/aromatic N) is 3. The minimum atomic E-state index is -4.88. The number of anilines is 2. The molecule has 2 aromatic carbocycles. The van der Waals surface area contributed by atoms with Gasteiger partial charge >= 0.3 is 6.18 Å². The SMILES string of the molecule is COc1cc2nc(C)nc(N[C@H](C)c3cc(N)cc(C(F)(F)F)c3F)c2cc1C1CCN(C(C)=O)CC1. The van der Waals surface area contributed by atoms with E-state index in [0.29, 0.717) is 47.5 Å². The van der Waals surface area contributed by atoms with Crippen LogP contribution in [0.2, 0.25) is 0 Å². The van der Waals surface area contributed by atoms with Crippen LogP contribution in [-0.4, -0.2) is 41.0 Å². The van der Waals surface area contributed by atoms with Crippen molar-refractivity contribution in [2.24, 2.45) is 0 Å². The third-order valence-electron chi connectivity index (χ3n) is 6.79. The van der Waals surface area contributed by atoms with Crippen molar-refractivity contribution in [3.8, 4) is 5.75 Å². The molecule has 11 heteroatoms. The van der Waals surface area contributed by atoms with E-state index in [0.717, 1.165) is 18.4 Å². The number of hydrogen-bond donors (Lipinski definition) is 2. The number of rotatable bonds is 5. The van der Waals surface area contributed by atoms with Crippen molar-refractivity contribution in [3.63, 3.8) is 0 Å². The summed E-state index contributed by atoms with van der Waals surface area (Å²) in [6, 6.07) is 4.61. The van der Waals surface area contributed by atoms with Crippen LogP contribution in [0.4, 0.5) is 29.1 Å². The number of amides is 1. The third-order valence-corrected chi connectivity index (χ3v) is 6.79. The Balaban J connectivity index is 1.74.